The minimum atomic E-state index is -0.996. The average Bonchev–Trinajstić information content (AvgIpc) is 2.90. The van der Waals surface area contributed by atoms with E-state index in [1.807, 2.05) is 50.2 Å². The number of carbonyl (C=O) groups excluding carboxylic acids is 4. The summed E-state index contributed by atoms with van der Waals surface area (Å²) in [5.74, 6) is -1.27. The van der Waals surface area contributed by atoms with Crippen molar-refractivity contribution in [2.24, 2.45) is 0 Å². The van der Waals surface area contributed by atoms with Gasteiger partial charge in [0.1, 0.15) is 17.7 Å². The second-order valence-corrected chi connectivity index (χ2v) is 10.6. The van der Waals surface area contributed by atoms with E-state index in [1.54, 1.807) is 52.0 Å². The average molecular weight is 554 g/mol. The molecule has 0 saturated heterocycles. The minimum absolute atomic E-state index is 0.00913. The number of nitrogens with one attached hydrogen (secondary N) is 2. The number of nitrogens with zero attached hydrogens (tertiary/aromatic N) is 1. The van der Waals surface area contributed by atoms with Crippen LogP contribution in [0.15, 0.2) is 60.7 Å². The maximum absolute atomic E-state index is 14.3. The molecule has 3 atom stereocenters. The zero-order valence-corrected chi connectivity index (χ0v) is 24.4. The largest absolute Gasteiger partial charge is 0.466 e. The van der Waals surface area contributed by atoms with E-state index >= 15 is 0 Å². The number of amides is 3. The Morgan fingerprint density at radius 3 is 2.08 bits per heavy atom. The molecule has 2 rings (SSSR count). The molecule has 0 spiro atoms. The van der Waals surface area contributed by atoms with Crippen molar-refractivity contribution in [2.45, 2.75) is 84.5 Å². The molecular formula is C31H43N3O6. The van der Waals surface area contributed by atoms with E-state index in [0.29, 0.717) is 12.0 Å². The highest BCUT2D eigenvalue weighted by Crippen LogP contribution is 2.27. The molecule has 0 aliphatic heterocycles. The van der Waals surface area contributed by atoms with Gasteiger partial charge in [0, 0.05) is 19.0 Å². The highest BCUT2D eigenvalue weighted by Gasteiger charge is 2.38. The summed E-state index contributed by atoms with van der Waals surface area (Å²) in [7, 11) is 0. The number of rotatable bonds is 13. The predicted octanol–water partition coefficient (Wildman–Crippen LogP) is 4.56. The molecule has 9 heteroatoms. The summed E-state index contributed by atoms with van der Waals surface area (Å²) < 4.78 is 10.4. The van der Waals surface area contributed by atoms with Crippen molar-refractivity contribution in [3.05, 3.63) is 71.8 Å². The maximum atomic E-state index is 14.3. The molecule has 0 radical (unpaired) electrons. The summed E-state index contributed by atoms with van der Waals surface area (Å²) in [6.07, 6.45) is 0.0592. The van der Waals surface area contributed by atoms with Crippen LogP contribution in [0.25, 0.3) is 0 Å². The molecule has 3 unspecified atom stereocenters. The summed E-state index contributed by atoms with van der Waals surface area (Å²) in [4.78, 5) is 54.2. The van der Waals surface area contributed by atoms with Gasteiger partial charge >= 0.3 is 12.1 Å². The van der Waals surface area contributed by atoms with Gasteiger partial charge in [-0.1, -0.05) is 67.6 Å². The van der Waals surface area contributed by atoms with E-state index in [2.05, 4.69) is 10.6 Å². The second kappa shape index (κ2) is 15.6. The Kier molecular flexibility index (Phi) is 12.6. The first-order valence-corrected chi connectivity index (χ1v) is 13.8. The molecule has 0 aromatic heterocycles. The van der Waals surface area contributed by atoms with E-state index < -0.39 is 41.6 Å². The number of alkyl carbamates (subject to hydrolysis) is 1. The minimum Gasteiger partial charge on any atom is -0.466 e. The molecule has 0 aliphatic carbocycles. The van der Waals surface area contributed by atoms with Crippen molar-refractivity contribution in [3.8, 4) is 0 Å². The standard InChI is InChI=1S/C31H43N3O6/c1-7-22(3)34(27(24-17-13-10-14-18-24)28(36)32-20-19-26(35)39-8-2)29(37)25(21-23-15-11-9-12-16-23)33-30(38)40-31(4,5)6/h9-18,22,25,27H,7-8,19-21H2,1-6H3,(H,32,36)(H,33,38). The Balaban J connectivity index is 2.47. The van der Waals surface area contributed by atoms with Gasteiger partial charge in [0.05, 0.1) is 13.0 Å². The molecule has 40 heavy (non-hydrogen) atoms. The van der Waals surface area contributed by atoms with Gasteiger partial charge in [-0.3, -0.25) is 14.4 Å². The van der Waals surface area contributed by atoms with Crippen molar-refractivity contribution in [2.75, 3.05) is 13.2 Å². The Bertz CT molecular complexity index is 1100. The summed E-state index contributed by atoms with van der Waals surface area (Å²) in [5, 5.41) is 5.55. The molecule has 2 N–H and O–H groups in total. The van der Waals surface area contributed by atoms with Gasteiger partial charge in [-0.05, 0) is 52.2 Å². The molecular weight excluding hydrogens is 510 g/mol. The molecule has 218 valence electrons. The van der Waals surface area contributed by atoms with Crippen molar-refractivity contribution in [1.29, 1.82) is 0 Å². The molecule has 2 aromatic rings. The monoisotopic (exact) mass is 553 g/mol. The van der Waals surface area contributed by atoms with Crippen LogP contribution in [0.4, 0.5) is 4.79 Å². The molecule has 2 aromatic carbocycles. The number of hydrogen-bond donors (Lipinski definition) is 2. The zero-order valence-electron chi connectivity index (χ0n) is 24.4. The van der Waals surface area contributed by atoms with Crippen molar-refractivity contribution < 1.29 is 28.7 Å². The lowest BCUT2D eigenvalue weighted by Crippen LogP contribution is -2.56. The lowest BCUT2D eigenvalue weighted by atomic mass is 9.98. The third kappa shape index (κ3) is 10.4. The van der Waals surface area contributed by atoms with Gasteiger partial charge in [0.25, 0.3) is 0 Å². The number of carbonyl (C=O) groups is 4. The highest BCUT2D eigenvalue weighted by atomic mass is 16.6. The topological polar surface area (TPSA) is 114 Å². The van der Waals surface area contributed by atoms with Crippen LogP contribution in [0, 0.1) is 0 Å². The molecule has 0 saturated carbocycles. The van der Waals surface area contributed by atoms with Crippen molar-refractivity contribution in [3.63, 3.8) is 0 Å². The van der Waals surface area contributed by atoms with E-state index in [-0.39, 0.29) is 32.0 Å². The number of ether oxygens (including phenoxy) is 2. The van der Waals surface area contributed by atoms with Gasteiger partial charge in [-0.25, -0.2) is 4.79 Å². The van der Waals surface area contributed by atoms with E-state index in [0.717, 1.165) is 5.56 Å². The van der Waals surface area contributed by atoms with Crippen LogP contribution in [-0.4, -0.2) is 59.6 Å². The van der Waals surface area contributed by atoms with Crippen LogP contribution in [0.3, 0.4) is 0 Å². The Labute approximate surface area is 237 Å². The SMILES string of the molecule is CCOC(=O)CCNC(=O)C(c1ccccc1)N(C(=O)C(Cc1ccccc1)NC(=O)OC(C)(C)C)C(C)CC. The lowest BCUT2D eigenvalue weighted by Gasteiger charge is -2.38. The fourth-order valence-corrected chi connectivity index (χ4v) is 4.17. The van der Waals surface area contributed by atoms with Gasteiger partial charge in [0.2, 0.25) is 11.8 Å². The first-order valence-electron chi connectivity index (χ1n) is 13.8. The highest BCUT2D eigenvalue weighted by molar-refractivity contribution is 5.92. The fourth-order valence-electron chi connectivity index (χ4n) is 4.17. The molecule has 0 bridgehead atoms. The van der Waals surface area contributed by atoms with Gasteiger partial charge in [-0.2, -0.15) is 0 Å². The number of benzene rings is 2. The first kappa shape index (κ1) is 32.3. The van der Waals surface area contributed by atoms with Crippen LogP contribution >= 0.6 is 0 Å². The Morgan fingerprint density at radius 2 is 1.52 bits per heavy atom. The van der Waals surface area contributed by atoms with E-state index in [9.17, 15) is 19.2 Å². The quantitative estimate of drug-likeness (QED) is 0.352. The summed E-state index contributed by atoms with van der Waals surface area (Å²) in [6.45, 7) is 11.1. The van der Waals surface area contributed by atoms with E-state index in [4.69, 9.17) is 9.47 Å². The van der Waals surface area contributed by atoms with Crippen LogP contribution in [-0.2, 0) is 30.3 Å². The molecule has 9 nitrogen and oxygen atoms in total. The normalized spacial score (nSPS) is 13.3. The summed E-state index contributed by atoms with van der Waals surface area (Å²) >= 11 is 0. The Morgan fingerprint density at radius 1 is 0.925 bits per heavy atom. The third-order valence-electron chi connectivity index (χ3n) is 6.17. The molecule has 0 aliphatic rings. The predicted molar refractivity (Wildman–Crippen MR) is 153 cm³/mol. The van der Waals surface area contributed by atoms with Gasteiger partial charge in [-0.15, -0.1) is 0 Å². The number of hydrogen-bond acceptors (Lipinski definition) is 6. The first-order chi connectivity index (χ1) is 19.0. The van der Waals surface area contributed by atoms with Crippen LogP contribution < -0.4 is 10.6 Å². The lowest BCUT2D eigenvalue weighted by molar-refractivity contribution is -0.146. The zero-order chi connectivity index (χ0) is 29.7. The molecule has 3 amide bonds. The maximum Gasteiger partial charge on any atom is 0.408 e. The van der Waals surface area contributed by atoms with Crippen LogP contribution in [0.5, 0.6) is 0 Å². The van der Waals surface area contributed by atoms with Crippen molar-refractivity contribution in [1.82, 2.24) is 15.5 Å². The third-order valence-corrected chi connectivity index (χ3v) is 6.17. The second-order valence-electron chi connectivity index (χ2n) is 10.6. The van der Waals surface area contributed by atoms with Crippen LogP contribution in [0.1, 0.15) is 71.6 Å². The molecule has 0 heterocycles. The smallest absolute Gasteiger partial charge is 0.408 e. The summed E-state index contributed by atoms with van der Waals surface area (Å²) in [5.41, 5.74) is 0.698. The number of esters is 1. The van der Waals surface area contributed by atoms with Crippen LogP contribution in [0.2, 0.25) is 0 Å². The Hall–Kier alpha value is -3.88. The van der Waals surface area contributed by atoms with E-state index in [1.165, 1.54) is 4.90 Å². The van der Waals surface area contributed by atoms with Crippen molar-refractivity contribution >= 4 is 23.9 Å². The van der Waals surface area contributed by atoms with Gasteiger partial charge in [0.15, 0.2) is 0 Å². The fraction of sp³-hybridized carbons (Fsp3) is 0.484. The molecule has 0 fully saturated rings. The summed E-state index contributed by atoms with van der Waals surface area (Å²) in [6, 6.07) is 16.0. The van der Waals surface area contributed by atoms with Gasteiger partial charge < -0.3 is 25.0 Å².